The van der Waals surface area contributed by atoms with Crippen LogP contribution in [0.1, 0.15) is 24.3 Å². The molecule has 1 saturated heterocycles. The molecule has 1 unspecified atom stereocenters. The Morgan fingerprint density at radius 2 is 1.81 bits per heavy atom. The molecule has 2 nitrogen and oxygen atoms in total. The van der Waals surface area contributed by atoms with E-state index in [0.29, 0.717) is 5.92 Å². The minimum absolute atomic E-state index is 0. The van der Waals surface area contributed by atoms with Crippen molar-refractivity contribution in [3.63, 3.8) is 0 Å². The van der Waals surface area contributed by atoms with E-state index in [1.165, 1.54) is 5.56 Å². The van der Waals surface area contributed by atoms with E-state index >= 15 is 0 Å². The van der Waals surface area contributed by atoms with Crippen LogP contribution in [0, 0.1) is 5.92 Å². The SMILES string of the molecule is Cl.O=CC(c1ccccc1)C1CCNCC1. The van der Waals surface area contributed by atoms with E-state index in [1.807, 2.05) is 18.2 Å². The fourth-order valence-corrected chi connectivity index (χ4v) is 2.34. The van der Waals surface area contributed by atoms with E-state index in [9.17, 15) is 4.79 Å². The standard InChI is InChI=1S/C13H17NO.ClH/c15-10-13(11-4-2-1-3-5-11)12-6-8-14-9-7-12;/h1-5,10,12-14H,6-9H2;1H. The van der Waals surface area contributed by atoms with E-state index in [-0.39, 0.29) is 18.3 Å². The predicted molar refractivity (Wildman–Crippen MR) is 68.1 cm³/mol. The van der Waals surface area contributed by atoms with Crippen LogP contribution in [0.4, 0.5) is 0 Å². The van der Waals surface area contributed by atoms with E-state index in [0.717, 1.165) is 32.2 Å². The molecule has 16 heavy (non-hydrogen) atoms. The average Bonchev–Trinajstić information content (AvgIpc) is 2.33. The van der Waals surface area contributed by atoms with Crippen LogP contribution in [0.15, 0.2) is 30.3 Å². The number of benzene rings is 1. The Kier molecular flexibility index (Phi) is 5.50. The van der Waals surface area contributed by atoms with Crippen molar-refractivity contribution in [1.82, 2.24) is 5.32 Å². The fourth-order valence-electron chi connectivity index (χ4n) is 2.34. The zero-order chi connectivity index (χ0) is 10.5. The van der Waals surface area contributed by atoms with Gasteiger partial charge in [-0.05, 0) is 37.4 Å². The molecule has 0 aromatic heterocycles. The van der Waals surface area contributed by atoms with Crippen molar-refractivity contribution in [3.05, 3.63) is 35.9 Å². The molecule has 3 heteroatoms. The van der Waals surface area contributed by atoms with Gasteiger partial charge in [0.05, 0.1) is 0 Å². The van der Waals surface area contributed by atoms with Crippen LogP contribution < -0.4 is 5.32 Å². The fraction of sp³-hybridized carbons (Fsp3) is 0.462. The molecular formula is C13H18ClNO. The molecule has 0 radical (unpaired) electrons. The topological polar surface area (TPSA) is 29.1 Å². The van der Waals surface area contributed by atoms with E-state index < -0.39 is 0 Å². The van der Waals surface area contributed by atoms with Gasteiger partial charge in [-0.1, -0.05) is 30.3 Å². The van der Waals surface area contributed by atoms with Crippen molar-refractivity contribution in [2.75, 3.05) is 13.1 Å². The first-order valence-electron chi connectivity index (χ1n) is 5.63. The van der Waals surface area contributed by atoms with Crippen molar-refractivity contribution in [3.8, 4) is 0 Å². The van der Waals surface area contributed by atoms with Gasteiger partial charge >= 0.3 is 0 Å². The van der Waals surface area contributed by atoms with Crippen LogP contribution in [0.2, 0.25) is 0 Å². The summed E-state index contributed by atoms with van der Waals surface area (Å²) in [6.45, 7) is 2.09. The summed E-state index contributed by atoms with van der Waals surface area (Å²) in [7, 11) is 0. The first-order chi connectivity index (χ1) is 7.42. The molecule has 1 aromatic carbocycles. The second-order valence-corrected chi connectivity index (χ2v) is 4.16. The lowest BCUT2D eigenvalue weighted by atomic mass is 9.81. The second-order valence-electron chi connectivity index (χ2n) is 4.16. The summed E-state index contributed by atoms with van der Waals surface area (Å²) in [5, 5.41) is 3.33. The van der Waals surface area contributed by atoms with Crippen LogP contribution in [-0.4, -0.2) is 19.4 Å². The zero-order valence-corrected chi connectivity index (χ0v) is 10.1. The Labute approximate surface area is 103 Å². The van der Waals surface area contributed by atoms with Gasteiger partial charge in [0.2, 0.25) is 0 Å². The molecule has 1 N–H and O–H groups in total. The van der Waals surface area contributed by atoms with E-state index in [1.54, 1.807) is 0 Å². The lowest BCUT2D eigenvalue weighted by Gasteiger charge is -2.27. The Bertz CT molecular complexity index is 309. The Balaban J connectivity index is 0.00000128. The third kappa shape index (κ3) is 3.06. The maximum Gasteiger partial charge on any atom is 0.127 e. The summed E-state index contributed by atoms with van der Waals surface area (Å²) >= 11 is 0. The second kappa shape index (κ2) is 6.66. The molecule has 0 bridgehead atoms. The highest BCUT2D eigenvalue weighted by atomic mass is 35.5. The maximum atomic E-state index is 11.2. The highest BCUT2D eigenvalue weighted by molar-refractivity contribution is 5.85. The maximum absolute atomic E-state index is 11.2. The van der Waals surface area contributed by atoms with Gasteiger partial charge in [-0.2, -0.15) is 0 Å². The smallest absolute Gasteiger partial charge is 0.127 e. The Hall–Kier alpha value is -0.860. The van der Waals surface area contributed by atoms with Crippen LogP contribution >= 0.6 is 12.4 Å². The van der Waals surface area contributed by atoms with Gasteiger partial charge in [-0.25, -0.2) is 0 Å². The molecule has 1 aromatic rings. The molecule has 0 spiro atoms. The third-order valence-electron chi connectivity index (χ3n) is 3.22. The normalized spacial score (nSPS) is 18.5. The highest BCUT2D eigenvalue weighted by Gasteiger charge is 2.23. The number of piperidine rings is 1. The first-order valence-corrected chi connectivity index (χ1v) is 5.63. The lowest BCUT2D eigenvalue weighted by molar-refractivity contribution is -0.110. The van der Waals surface area contributed by atoms with Gasteiger partial charge in [-0.3, -0.25) is 0 Å². The summed E-state index contributed by atoms with van der Waals surface area (Å²) in [6.07, 6.45) is 3.34. The predicted octanol–water partition coefficient (Wildman–Crippen LogP) is 2.39. The van der Waals surface area contributed by atoms with Gasteiger partial charge in [-0.15, -0.1) is 12.4 Å². The molecule has 1 aliphatic heterocycles. The number of carbonyl (C=O) groups is 1. The molecule has 1 fully saturated rings. The van der Waals surface area contributed by atoms with Crippen molar-refractivity contribution in [2.45, 2.75) is 18.8 Å². The number of nitrogens with one attached hydrogen (secondary N) is 1. The van der Waals surface area contributed by atoms with E-state index in [4.69, 9.17) is 0 Å². The van der Waals surface area contributed by atoms with Crippen molar-refractivity contribution in [1.29, 1.82) is 0 Å². The molecule has 88 valence electrons. The summed E-state index contributed by atoms with van der Waals surface area (Å²) in [6, 6.07) is 10.1. The summed E-state index contributed by atoms with van der Waals surface area (Å²) in [5.41, 5.74) is 1.17. The zero-order valence-electron chi connectivity index (χ0n) is 9.26. The van der Waals surface area contributed by atoms with Crippen LogP contribution in [0.25, 0.3) is 0 Å². The minimum atomic E-state index is 0. The van der Waals surface area contributed by atoms with Crippen LogP contribution in [0.5, 0.6) is 0 Å². The first kappa shape index (κ1) is 13.2. The van der Waals surface area contributed by atoms with Gasteiger partial charge in [0, 0.05) is 5.92 Å². The minimum Gasteiger partial charge on any atom is -0.317 e. The highest BCUT2D eigenvalue weighted by Crippen LogP contribution is 2.28. The molecular weight excluding hydrogens is 222 g/mol. The molecule has 2 rings (SSSR count). The van der Waals surface area contributed by atoms with Crippen molar-refractivity contribution in [2.24, 2.45) is 5.92 Å². The van der Waals surface area contributed by atoms with Gasteiger partial charge in [0.1, 0.15) is 6.29 Å². The Morgan fingerprint density at radius 3 is 2.38 bits per heavy atom. The van der Waals surface area contributed by atoms with Crippen LogP contribution in [0.3, 0.4) is 0 Å². The molecule has 0 aliphatic carbocycles. The van der Waals surface area contributed by atoms with E-state index in [2.05, 4.69) is 17.4 Å². The number of carbonyl (C=O) groups excluding carboxylic acids is 1. The number of halogens is 1. The molecule has 1 atom stereocenters. The van der Waals surface area contributed by atoms with Crippen LogP contribution in [-0.2, 0) is 4.79 Å². The summed E-state index contributed by atoms with van der Waals surface area (Å²) < 4.78 is 0. The summed E-state index contributed by atoms with van der Waals surface area (Å²) in [4.78, 5) is 11.2. The molecule has 1 heterocycles. The van der Waals surface area contributed by atoms with Crippen molar-refractivity contribution < 1.29 is 4.79 Å². The lowest BCUT2D eigenvalue weighted by Crippen LogP contribution is -2.31. The number of hydrogen-bond acceptors (Lipinski definition) is 2. The average molecular weight is 240 g/mol. The monoisotopic (exact) mass is 239 g/mol. The van der Waals surface area contributed by atoms with Crippen molar-refractivity contribution >= 4 is 18.7 Å². The van der Waals surface area contributed by atoms with Gasteiger partial charge in [0.15, 0.2) is 0 Å². The molecule has 0 saturated carbocycles. The number of rotatable bonds is 3. The molecule has 0 amide bonds. The van der Waals surface area contributed by atoms with Gasteiger partial charge < -0.3 is 10.1 Å². The summed E-state index contributed by atoms with van der Waals surface area (Å²) in [5.74, 6) is 0.611. The molecule has 1 aliphatic rings. The number of aldehydes is 1. The number of hydrogen-bond donors (Lipinski definition) is 1. The Morgan fingerprint density at radius 1 is 1.19 bits per heavy atom. The van der Waals surface area contributed by atoms with Gasteiger partial charge in [0.25, 0.3) is 0 Å². The quantitative estimate of drug-likeness (QED) is 0.821. The largest absolute Gasteiger partial charge is 0.317 e. The third-order valence-corrected chi connectivity index (χ3v) is 3.22.